The SMILES string of the molecule is CCCNC(Cc1cnn(C)c1)c1ccccn1. The molecule has 18 heavy (non-hydrogen) atoms. The molecule has 2 aromatic heterocycles. The minimum absolute atomic E-state index is 0.260. The molecule has 0 radical (unpaired) electrons. The Morgan fingerprint density at radius 1 is 1.39 bits per heavy atom. The van der Waals surface area contributed by atoms with Gasteiger partial charge in [0.05, 0.1) is 17.9 Å². The zero-order chi connectivity index (χ0) is 12.8. The van der Waals surface area contributed by atoms with Crippen LogP contribution in [0, 0.1) is 0 Å². The lowest BCUT2D eigenvalue weighted by molar-refractivity contribution is 0.518. The molecule has 2 heterocycles. The van der Waals surface area contributed by atoms with Gasteiger partial charge < -0.3 is 5.32 Å². The third kappa shape index (κ3) is 3.40. The van der Waals surface area contributed by atoms with E-state index < -0.39 is 0 Å². The van der Waals surface area contributed by atoms with Crippen molar-refractivity contribution in [1.82, 2.24) is 20.1 Å². The second-order valence-electron chi connectivity index (χ2n) is 4.49. The predicted octanol–water partition coefficient (Wildman–Crippen LogP) is 2.10. The molecule has 1 atom stereocenters. The van der Waals surface area contributed by atoms with Crippen molar-refractivity contribution in [1.29, 1.82) is 0 Å². The molecule has 0 spiro atoms. The lowest BCUT2D eigenvalue weighted by atomic mass is 10.1. The van der Waals surface area contributed by atoms with E-state index in [1.54, 1.807) is 0 Å². The van der Waals surface area contributed by atoms with E-state index in [-0.39, 0.29) is 6.04 Å². The van der Waals surface area contributed by atoms with Crippen molar-refractivity contribution in [2.75, 3.05) is 6.54 Å². The van der Waals surface area contributed by atoms with Gasteiger partial charge in [-0.25, -0.2) is 0 Å². The van der Waals surface area contributed by atoms with Gasteiger partial charge in [0.2, 0.25) is 0 Å². The minimum atomic E-state index is 0.260. The monoisotopic (exact) mass is 244 g/mol. The van der Waals surface area contributed by atoms with E-state index in [0.29, 0.717) is 0 Å². The molecule has 0 bridgehead atoms. The highest BCUT2D eigenvalue weighted by molar-refractivity contribution is 5.14. The first-order valence-electron chi connectivity index (χ1n) is 6.41. The molecule has 0 saturated heterocycles. The zero-order valence-electron chi connectivity index (χ0n) is 11.0. The molecule has 2 rings (SSSR count). The Hall–Kier alpha value is -1.68. The third-order valence-corrected chi connectivity index (χ3v) is 2.88. The Morgan fingerprint density at radius 3 is 2.89 bits per heavy atom. The van der Waals surface area contributed by atoms with E-state index in [2.05, 4.69) is 34.6 Å². The van der Waals surface area contributed by atoms with Gasteiger partial charge in [0.1, 0.15) is 0 Å². The summed E-state index contributed by atoms with van der Waals surface area (Å²) in [5.41, 5.74) is 2.33. The van der Waals surface area contributed by atoms with Crippen LogP contribution in [0.2, 0.25) is 0 Å². The van der Waals surface area contributed by atoms with Crippen LogP contribution in [0.25, 0.3) is 0 Å². The maximum atomic E-state index is 4.45. The van der Waals surface area contributed by atoms with Crippen LogP contribution < -0.4 is 5.32 Å². The van der Waals surface area contributed by atoms with Crippen LogP contribution in [-0.4, -0.2) is 21.3 Å². The Kier molecular flexibility index (Phi) is 4.47. The summed E-state index contributed by atoms with van der Waals surface area (Å²) in [6.45, 7) is 3.17. The molecule has 0 aromatic carbocycles. The largest absolute Gasteiger partial charge is 0.308 e. The van der Waals surface area contributed by atoms with Crippen LogP contribution in [0.15, 0.2) is 36.8 Å². The average Bonchev–Trinajstić information content (AvgIpc) is 2.81. The molecule has 0 fully saturated rings. The fraction of sp³-hybridized carbons (Fsp3) is 0.429. The van der Waals surface area contributed by atoms with E-state index in [1.165, 1.54) is 5.56 Å². The number of nitrogens with zero attached hydrogens (tertiary/aromatic N) is 3. The fourth-order valence-electron chi connectivity index (χ4n) is 1.99. The van der Waals surface area contributed by atoms with Crippen molar-refractivity contribution in [3.63, 3.8) is 0 Å². The summed E-state index contributed by atoms with van der Waals surface area (Å²) in [6.07, 6.45) is 7.87. The van der Waals surface area contributed by atoms with Gasteiger partial charge in [-0.3, -0.25) is 9.67 Å². The highest BCUT2D eigenvalue weighted by atomic mass is 15.2. The van der Waals surface area contributed by atoms with Gasteiger partial charge in [-0.2, -0.15) is 5.10 Å². The van der Waals surface area contributed by atoms with Crippen LogP contribution >= 0.6 is 0 Å². The summed E-state index contributed by atoms with van der Waals surface area (Å²) in [5, 5.41) is 7.76. The number of hydrogen-bond acceptors (Lipinski definition) is 3. The Balaban J connectivity index is 2.10. The molecule has 0 amide bonds. The van der Waals surface area contributed by atoms with Crippen LogP contribution in [0.3, 0.4) is 0 Å². The van der Waals surface area contributed by atoms with E-state index >= 15 is 0 Å². The number of aryl methyl sites for hydroxylation is 1. The molecule has 0 aliphatic heterocycles. The fourth-order valence-corrected chi connectivity index (χ4v) is 1.99. The average molecular weight is 244 g/mol. The normalized spacial score (nSPS) is 12.6. The van der Waals surface area contributed by atoms with Gasteiger partial charge in [-0.1, -0.05) is 13.0 Å². The number of pyridine rings is 1. The van der Waals surface area contributed by atoms with E-state index in [4.69, 9.17) is 0 Å². The lowest BCUT2D eigenvalue weighted by Crippen LogP contribution is -2.24. The van der Waals surface area contributed by atoms with Crippen molar-refractivity contribution in [2.45, 2.75) is 25.8 Å². The van der Waals surface area contributed by atoms with E-state index in [0.717, 1.165) is 25.1 Å². The van der Waals surface area contributed by atoms with Gasteiger partial charge in [0.15, 0.2) is 0 Å². The van der Waals surface area contributed by atoms with Crippen molar-refractivity contribution < 1.29 is 0 Å². The number of hydrogen-bond donors (Lipinski definition) is 1. The second-order valence-corrected chi connectivity index (χ2v) is 4.49. The highest BCUT2D eigenvalue weighted by Gasteiger charge is 2.13. The Morgan fingerprint density at radius 2 is 2.28 bits per heavy atom. The van der Waals surface area contributed by atoms with Crippen molar-refractivity contribution in [2.24, 2.45) is 7.05 Å². The molecule has 96 valence electrons. The van der Waals surface area contributed by atoms with Gasteiger partial charge >= 0.3 is 0 Å². The molecular formula is C14H20N4. The molecule has 0 saturated carbocycles. The highest BCUT2D eigenvalue weighted by Crippen LogP contribution is 2.15. The molecule has 1 N–H and O–H groups in total. The second kappa shape index (κ2) is 6.31. The zero-order valence-corrected chi connectivity index (χ0v) is 11.0. The van der Waals surface area contributed by atoms with Gasteiger partial charge in [-0.05, 0) is 37.1 Å². The van der Waals surface area contributed by atoms with Gasteiger partial charge in [-0.15, -0.1) is 0 Å². The first-order valence-corrected chi connectivity index (χ1v) is 6.41. The molecule has 2 aromatic rings. The van der Waals surface area contributed by atoms with Crippen molar-refractivity contribution in [3.8, 4) is 0 Å². The van der Waals surface area contributed by atoms with Crippen molar-refractivity contribution >= 4 is 0 Å². The summed E-state index contributed by atoms with van der Waals surface area (Å²) < 4.78 is 1.84. The first-order chi connectivity index (χ1) is 8.79. The standard InChI is InChI=1S/C14H20N4/c1-3-7-15-14(13-6-4-5-8-16-13)9-12-10-17-18(2)11-12/h4-6,8,10-11,14-15H,3,7,9H2,1-2H3. The first kappa shape index (κ1) is 12.8. The summed E-state index contributed by atoms with van der Waals surface area (Å²) >= 11 is 0. The van der Waals surface area contributed by atoms with Gasteiger partial charge in [0, 0.05) is 19.4 Å². The van der Waals surface area contributed by atoms with Gasteiger partial charge in [0.25, 0.3) is 0 Å². The quantitative estimate of drug-likeness (QED) is 0.846. The number of rotatable bonds is 6. The number of nitrogens with one attached hydrogen (secondary N) is 1. The van der Waals surface area contributed by atoms with Crippen molar-refractivity contribution in [3.05, 3.63) is 48.0 Å². The lowest BCUT2D eigenvalue weighted by Gasteiger charge is -2.17. The molecule has 0 aliphatic carbocycles. The summed E-state index contributed by atoms with van der Waals surface area (Å²) in [7, 11) is 1.94. The molecule has 1 unspecified atom stereocenters. The number of aromatic nitrogens is 3. The summed E-state index contributed by atoms with van der Waals surface area (Å²) in [6, 6.07) is 6.32. The van der Waals surface area contributed by atoms with E-state index in [1.807, 2.05) is 36.3 Å². The molecule has 0 aliphatic rings. The maximum Gasteiger partial charge on any atom is 0.0576 e. The molecule has 4 heteroatoms. The summed E-state index contributed by atoms with van der Waals surface area (Å²) in [4.78, 5) is 4.45. The van der Waals surface area contributed by atoms with Crippen LogP contribution in [-0.2, 0) is 13.5 Å². The maximum absolute atomic E-state index is 4.45. The van der Waals surface area contributed by atoms with Crippen LogP contribution in [0.1, 0.15) is 30.6 Å². The third-order valence-electron chi connectivity index (χ3n) is 2.88. The Labute approximate surface area is 108 Å². The summed E-state index contributed by atoms with van der Waals surface area (Å²) in [5.74, 6) is 0. The molecular weight excluding hydrogens is 224 g/mol. The molecule has 4 nitrogen and oxygen atoms in total. The Bertz CT molecular complexity index is 464. The van der Waals surface area contributed by atoms with E-state index in [9.17, 15) is 0 Å². The minimum Gasteiger partial charge on any atom is -0.308 e. The predicted molar refractivity (Wildman–Crippen MR) is 72.2 cm³/mol. The van der Waals surface area contributed by atoms with Crippen LogP contribution in [0.4, 0.5) is 0 Å². The van der Waals surface area contributed by atoms with Crippen LogP contribution in [0.5, 0.6) is 0 Å². The smallest absolute Gasteiger partial charge is 0.0576 e. The topological polar surface area (TPSA) is 42.7 Å².